The van der Waals surface area contributed by atoms with Gasteiger partial charge in [0.2, 0.25) is 0 Å². The van der Waals surface area contributed by atoms with Gasteiger partial charge in [-0.25, -0.2) is 0 Å². The van der Waals surface area contributed by atoms with Crippen molar-refractivity contribution in [1.29, 1.82) is 0 Å². The molecule has 0 saturated heterocycles. The Morgan fingerprint density at radius 1 is 1.30 bits per heavy atom. The zero-order valence-electron chi connectivity index (χ0n) is 11.8. The van der Waals surface area contributed by atoms with Gasteiger partial charge in [0.25, 0.3) is 0 Å². The average Bonchev–Trinajstić information content (AvgIpc) is 2.40. The van der Waals surface area contributed by atoms with Crippen LogP contribution >= 0.6 is 31.9 Å². The van der Waals surface area contributed by atoms with Gasteiger partial charge < -0.3 is 16.3 Å². The van der Waals surface area contributed by atoms with E-state index in [1.807, 2.05) is 32.0 Å². The van der Waals surface area contributed by atoms with Crippen LogP contribution in [-0.2, 0) is 0 Å². The van der Waals surface area contributed by atoms with Gasteiger partial charge in [0.05, 0.1) is 5.69 Å². The van der Waals surface area contributed by atoms with Gasteiger partial charge >= 0.3 is 0 Å². The summed E-state index contributed by atoms with van der Waals surface area (Å²) in [5, 5.41) is 15.2. The number of hydrogen-bond acceptors (Lipinski definition) is 3. The number of unbranched alkanes of at least 4 members (excludes halogenated alkanes) is 1. The Morgan fingerprint density at radius 2 is 1.90 bits per heavy atom. The summed E-state index contributed by atoms with van der Waals surface area (Å²) >= 11 is 7.05. The fourth-order valence-electron chi connectivity index (χ4n) is 1.84. The molecule has 0 heterocycles. The zero-order chi connectivity index (χ0) is 15.2. The second-order valence-electron chi connectivity index (χ2n) is 5.35. The second kappa shape index (κ2) is 7.88. The molecule has 0 radical (unpaired) electrons. The van der Waals surface area contributed by atoms with Crippen LogP contribution in [0.3, 0.4) is 0 Å². The van der Waals surface area contributed by atoms with Gasteiger partial charge in [0.1, 0.15) is 5.84 Å². The Kier molecular flexibility index (Phi) is 6.82. The Bertz CT molecular complexity index is 455. The summed E-state index contributed by atoms with van der Waals surface area (Å²) in [4.78, 5) is 0. The third-order valence-corrected chi connectivity index (χ3v) is 4.62. The maximum Gasteiger partial charge on any atom is 0.144 e. The molecule has 0 unspecified atom stereocenters. The molecule has 6 heteroatoms. The molecule has 4 N–H and O–H groups in total. The fraction of sp³-hybridized carbons (Fsp3) is 0.500. The van der Waals surface area contributed by atoms with E-state index in [2.05, 4.69) is 42.3 Å². The standard InChI is InChI=1S/C14H21Br2N3O/c1-14(2,13(17)19-20)8-3-4-9-18-12-10(15)6-5-7-11(12)16/h5-7,18,20H,3-4,8-9H2,1-2H3,(H2,17,19). The van der Waals surface area contributed by atoms with Gasteiger partial charge in [0, 0.05) is 20.9 Å². The van der Waals surface area contributed by atoms with Gasteiger partial charge in [0.15, 0.2) is 0 Å². The van der Waals surface area contributed by atoms with Crippen LogP contribution in [0.25, 0.3) is 0 Å². The maximum atomic E-state index is 8.72. The first kappa shape index (κ1) is 17.3. The molecule has 0 fully saturated rings. The minimum absolute atomic E-state index is 0.261. The van der Waals surface area contributed by atoms with Gasteiger partial charge in [-0.1, -0.05) is 31.5 Å². The van der Waals surface area contributed by atoms with Crippen molar-refractivity contribution in [1.82, 2.24) is 0 Å². The largest absolute Gasteiger partial charge is 0.409 e. The van der Waals surface area contributed by atoms with Crippen LogP contribution in [0.1, 0.15) is 33.1 Å². The van der Waals surface area contributed by atoms with Crippen molar-refractivity contribution in [3.8, 4) is 0 Å². The Morgan fingerprint density at radius 3 is 2.45 bits per heavy atom. The lowest BCUT2D eigenvalue weighted by molar-refractivity contribution is 0.304. The molecule has 1 rings (SSSR count). The summed E-state index contributed by atoms with van der Waals surface area (Å²) in [6.07, 6.45) is 2.93. The van der Waals surface area contributed by atoms with Gasteiger partial charge in [-0.3, -0.25) is 0 Å². The number of oxime groups is 1. The molecule has 0 aliphatic rings. The molecule has 0 spiro atoms. The third-order valence-electron chi connectivity index (χ3n) is 3.29. The first-order valence-corrected chi connectivity index (χ1v) is 8.13. The van der Waals surface area contributed by atoms with Crippen molar-refractivity contribution < 1.29 is 5.21 Å². The number of nitrogens with two attached hydrogens (primary N) is 1. The third kappa shape index (κ3) is 4.98. The average molecular weight is 407 g/mol. The molecular formula is C14H21Br2N3O. The van der Waals surface area contributed by atoms with Crippen LogP contribution in [0.5, 0.6) is 0 Å². The van der Waals surface area contributed by atoms with E-state index in [0.29, 0.717) is 5.84 Å². The molecule has 0 aliphatic carbocycles. The Hall–Kier alpha value is -0.750. The van der Waals surface area contributed by atoms with E-state index in [1.54, 1.807) is 0 Å². The predicted molar refractivity (Wildman–Crippen MR) is 91.4 cm³/mol. The van der Waals surface area contributed by atoms with E-state index in [4.69, 9.17) is 10.9 Å². The Balaban J connectivity index is 2.36. The first-order valence-electron chi connectivity index (χ1n) is 6.54. The number of amidine groups is 1. The van der Waals surface area contributed by atoms with E-state index in [0.717, 1.165) is 40.4 Å². The molecule has 0 saturated carbocycles. The molecule has 4 nitrogen and oxygen atoms in total. The lowest BCUT2D eigenvalue weighted by atomic mass is 9.86. The quantitative estimate of drug-likeness (QED) is 0.204. The molecule has 0 aromatic heterocycles. The minimum atomic E-state index is -0.261. The van der Waals surface area contributed by atoms with Crippen molar-refractivity contribution in [3.05, 3.63) is 27.1 Å². The highest BCUT2D eigenvalue weighted by Gasteiger charge is 2.22. The van der Waals surface area contributed by atoms with E-state index in [-0.39, 0.29) is 5.41 Å². The lowest BCUT2D eigenvalue weighted by Gasteiger charge is -2.22. The highest BCUT2D eigenvalue weighted by atomic mass is 79.9. The molecule has 0 atom stereocenters. The number of para-hydroxylation sites is 1. The van der Waals surface area contributed by atoms with E-state index in [9.17, 15) is 0 Å². The topological polar surface area (TPSA) is 70.6 Å². The molecule has 1 aromatic carbocycles. The van der Waals surface area contributed by atoms with Crippen molar-refractivity contribution >= 4 is 43.4 Å². The molecule has 112 valence electrons. The summed E-state index contributed by atoms with van der Waals surface area (Å²) in [5.41, 5.74) is 6.48. The van der Waals surface area contributed by atoms with Crippen LogP contribution < -0.4 is 11.1 Å². The normalized spacial score (nSPS) is 12.5. The van der Waals surface area contributed by atoms with Crippen LogP contribution in [0.4, 0.5) is 5.69 Å². The molecule has 1 aromatic rings. The predicted octanol–water partition coefficient (Wildman–Crippen LogP) is 4.57. The number of anilines is 1. The summed E-state index contributed by atoms with van der Waals surface area (Å²) in [6, 6.07) is 6.00. The smallest absolute Gasteiger partial charge is 0.144 e. The van der Waals surface area contributed by atoms with E-state index < -0.39 is 0 Å². The lowest BCUT2D eigenvalue weighted by Crippen LogP contribution is -2.31. The summed E-state index contributed by atoms with van der Waals surface area (Å²) in [5.74, 6) is 0.291. The van der Waals surface area contributed by atoms with Crippen molar-refractivity contribution in [2.45, 2.75) is 33.1 Å². The van der Waals surface area contributed by atoms with Crippen LogP contribution in [0.2, 0.25) is 0 Å². The molecule has 0 bridgehead atoms. The van der Waals surface area contributed by atoms with Gasteiger partial charge in [-0.2, -0.15) is 0 Å². The monoisotopic (exact) mass is 405 g/mol. The summed E-state index contributed by atoms with van der Waals surface area (Å²) in [7, 11) is 0. The summed E-state index contributed by atoms with van der Waals surface area (Å²) in [6.45, 7) is 4.85. The van der Waals surface area contributed by atoms with E-state index in [1.165, 1.54) is 0 Å². The fourth-order valence-corrected chi connectivity index (χ4v) is 3.11. The van der Waals surface area contributed by atoms with Crippen LogP contribution in [0.15, 0.2) is 32.3 Å². The highest BCUT2D eigenvalue weighted by Crippen LogP contribution is 2.30. The molecule has 0 amide bonds. The first-order chi connectivity index (χ1) is 9.38. The summed E-state index contributed by atoms with van der Waals surface area (Å²) < 4.78 is 2.09. The number of nitrogens with one attached hydrogen (secondary N) is 1. The number of nitrogens with zero attached hydrogens (tertiary/aromatic N) is 1. The number of halogens is 2. The number of hydrogen-bond donors (Lipinski definition) is 3. The van der Waals surface area contributed by atoms with Gasteiger partial charge in [-0.15, -0.1) is 0 Å². The SMILES string of the molecule is CC(C)(CCCCNc1c(Br)cccc1Br)/C(N)=N/O. The van der Waals surface area contributed by atoms with Crippen molar-refractivity contribution in [2.75, 3.05) is 11.9 Å². The van der Waals surface area contributed by atoms with Crippen molar-refractivity contribution in [2.24, 2.45) is 16.3 Å². The molecule has 20 heavy (non-hydrogen) atoms. The Labute approximate surface area is 137 Å². The number of rotatable bonds is 7. The van der Waals surface area contributed by atoms with Crippen LogP contribution in [-0.4, -0.2) is 17.6 Å². The molecular weight excluding hydrogens is 386 g/mol. The molecule has 0 aliphatic heterocycles. The number of benzene rings is 1. The maximum absolute atomic E-state index is 8.72. The highest BCUT2D eigenvalue weighted by molar-refractivity contribution is 9.11. The zero-order valence-corrected chi connectivity index (χ0v) is 15.0. The van der Waals surface area contributed by atoms with Crippen LogP contribution in [0, 0.1) is 5.41 Å². The minimum Gasteiger partial charge on any atom is -0.409 e. The second-order valence-corrected chi connectivity index (χ2v) is 7.06. The van der Waals surface area contributed by atoms with Gasteiger partial charge in [-0.05, 0) is 56.8 Å². The van der Waals surface area contributed by atoms with Crippen molar-refractivity contribution in [3.63, 3.8) is 0 Å². The van der Waals surface area contributed by atoms with E-state index >= 15 is 0 Å².